The van der Waals surface area contributed by atoms with Crippen LogP contribution in [-0.4, -0.2) is 38.3 Å². The van der Waals surface area contributed by atoms with Gasteiger partial charge in [0.2, 0.25) is 5.91 Å². The summed E-state index contributed by atoms with van der Waals surface area (Å²) in [7, 11) is 3.20. The number of nitrogens with zero attached hydrogens (tertiary/aromatic N) is 1. The lowest BCUT2D eigenvalue weighted by molar-refractivity contribution is -0.121. The number of para-hydroxylation sites is 1. The van der Waals surface area contributed by atoms with Gasteiger partial charge in [-0.2, -0.15) is 0 Å². The molecule has 0 radical (unpaired) electrons. The van der Waals surface area contributed by atoms with Crippen molar-refractivity contribution in [2.24, 2.45) is 0 Å². The first-order valence-electron chi connectivity index (χ1n) is 11.0. The average Bonchev–Trinajstić information content (AvgIpc) is 3.27. The molecule has 0 aliphatic heterocycles. The maximum absolute atomic E-state index is 13.8. The van der Waals surface area contributed by atoms with Crippen LogP contribution in [0.3, 0.4) is 0 Å². The summed E-state index contributed by atoms with van der Waals surface area (Å²) in [4.78, 5) is 18.5. The first kappa shape index (κ1) is 23.7. The van der Waals surface area contributed by atoms with Gasteiger partial charge in [-0.25, -0.2) is 4.98 Å². The maximum atomic E-state index is 13.8. The Balaban J connectivity index is 1.63. The average molecular weight is 477 g/mol. The molecule has 1 N–H and O–H groups in total. The number of hydrogen-bond donors (Lipinski definition) is 1. The van der Waals surface area contributed by atoms with E-state index < -0.39 is 5.41 Å². The van der Waals surface area contributed by atoms with E-state index in [1.807, 2.05) is 61.5 Å². The van der Waals surface area contributed by atoms with E-state index in [2.05, 4.69) is 11.4 Å². The van der Waals surface area contributed by atoms with E-state index in [0.29, 0.717) is 36.8 Å². The summed E-state index contributed by atoms with van der Waals surface area (Å²) in [5, 5.41) is 4.01. The summed E-state index contributed by atoms with van der Waals surface area (Å²) in [5.74, 6) is 1.02. The molecule has 0 fully saturated rings. The molecule has 34 heavy (non-hydrogen) atoms. The Bertz CT molecular complexity index is 1220. The number of methoxy groups -OCH3 is 2. The lowest BCUT2D eigenvalue weighted by atomic mass is 9.78. The zero-order chi connectivity index (χ0) is 24.0. The molecule has 1 heterocycles. The van der Waals surface area contributed by atoms with Crippen LogP contribution in [0.25, 0.3) is 10.2 Å². The van der Waals surface area contributed by atoms with E-state index >= 15 is 0 Å². The minimum absolute atomic E-state index is 0.119. The number of nitrogens with one attached hydrogen (secondary N) is 1. The quantitative estimate of drug-likeness (QED) is 0.308. The van der Waals surface area contributed by atoms with Crippen LogP contribution in [-0.2, 0) is 21.4 Å². The highest BCUT2D eigenvalue weighted by molar-refractivity contribution is 7.18. The number of anilines is 1. The number of hydrogen-bond acceptors (Lipinski definition) is 6. The predicted octanol–water partition coefficient (Wildman–Crippen LogP) is 5.47. The summed E-state index contributed by atoms with van der Waals surface area (Å²) in [5.41, 5.74) is 1.68. The molecule has 0 saturated heterocycles. The van der Waals surface area contributed by atoms with Crippen molar-refractivity contribution in [1.29, 1.82) is 0 Å². The second-order valence-electron chi connectivity index (χ2n) is 8.11. The van der Waals surface area contributed by atoms with Crippen molar-refractivity contribution < 1.29 is 19.0 Å². The maximum Gasteiger partial charge on any atom is 0.235 e. The van der Waals surface area contributed by atoms with Gasteiger partial charge in [0.25, 0.3) is 0 Å². The van der Waals surface area contributed by atoms with Crippen LogP contribution in [0, 0.1) is 0 Å². The fourth-order valence-corrected chi connectivity index (χ4v) is 4.91. The van der Waals surface area contributed by atoms with Gasteiger partial charge in [0.1, 0.15) is 6.61 Å². The van der Waals surface area contributed by atoms with Crippen LogP contribution in [0.5, 0.6) is 11.5 Å². The molecule has 7 heteroatoms. The first-order chi connectivity index (χ1) is 16.5. The molecule has 4 rings (SSSR count). The molecule has 0 spiro atoms. The Kier molecular flexibility index (Phi) is 7.45. The molecule has 1 unspecified atom stereocenters. The molecule has 1 amide bonds. The Labute approximate surface area is 203 Å². The zero-order valence-corrected chi connectivity index (χ0v) is 20.4. The van der Waals surface area contributed by atoms with Gasteiger partial charge in [0.05, 0.1) is 34.4 Å². The van der Waals surface area contributed by atoms with Gasteiger partial charge in [-0.3, -0.25) is 4.79 Å². The van der Waals surface area contributed by atoms with Crippen LogP contribution in [0.2, 0.25) is 0 Å². The number of thiazole rings is 1. The van der Waals surface area contributed by atoms with Crippen molar-refractivity contribution in [2.45, 2.75) is 18.8 Å². The van der Waals surface area contributed by atoms with Crippen molar-refractivity contribution in [3.63, 3.8) is 0 Å². The molecular formula is C27H28N2O4S. The second-order valence-corrected chi connectivity index (χ2v) is 9.23. The third-order valence-corrected chi connectivity index (χ3v) is 6.76. The molecule has 1 atom stereocenters. The molecule has 0 aliphatic rings. The topological polar surface area (TPSA) is 69.7 Å². The largest absolute Gasteiger partial charge is 0.493 e. The highest BCUT2D eigenvalue weighted by atomic mass is 32.1. The minimum atomic E-state index is -0.827. The molecular weight excluding hydrogens is 448 g/mol. The van der Waals surface area contributed by atoms with Crippen LogP contribution in [0.15, 0.2) is 72.8 Å². The van der Waals surface area contributed by atoms with E-state index in [1.54, 1.807) is 37.7 Å². The highest BCUT2D eigenvalue weighted by Crippen LogP contribution is 2.35. The number of carbonyl (C=O) groups excluding carboxylic acids is 1. The molecule has 0 bridgehead atoms. The SMILES string of the molecule is COCCOc1cc(NC(=O)C(C)(Cc2nc3ccccc3s2)c2ccccc2)ccc1OC. The van der Waals surface area contributed by atoms with Gasteiger partial charge in [-0.05, 0) is 36.8 Å². The Morgan fingerprint density at radius 3 is 2.47 bits per heavy atom. The Morgan fingerprint density at radius 2 is 1.74 bits per heavy atom. The van der Waals surface area contributed by atoms with Gasteiger partial charge in [-0.15, -0.1) is 11.3 Å². The third-order valence-electron chi connectivity index (χ3n) is 5.72. The molecule has 0 aliphatic carbocycles. The fraction of sp³-hybridized carbons (Fsp3) is 0.259. The normalized spacial score (nSPS) is 12.8. The minimum Gasteiger partial charge on any atom is -0.493 e. The van der Waals surface area contributed by atoms with Gasteiger partial charge in [0.15, 0.2) is 11.5 Å². The van der Waals surface area contributed by atoms with Crippen molar-refractivity contribution in [1.82, 2.24) is 4.98 Å². The molecule has 3 aromatic carbocycles. The van der Waals surface area contributed by atoms with Crippen LogP contribution >= 0.6 is 11.3 Å². The van der Waals surface area contributed by atoms with E-state index in [-0.39, 0.29) is 5.91 Å². The third kappa shape index (κ3) is 5.21. The number of amides is 1. The standard InChI is InChI=1S/C27H28N2O4S/c1-27(19-9-5-4-6-10-19,18-25-29-21-11-7-8-12-24(21)34-25)26(30)28-20-13-14-22(32-3)23(17-20)33-16-15-31-2/h4-14,17H,15-16,18H2,1-3H3,(H,28,30). The van der Waals surface area contributed by atoms with Crippen LogP contribution in [0.4, 0.5) is 5.69 Å². The van der Waals surface area contributed by atoms with Crippen molar-refractivity contribution >= 4 is 33.1 Å². The summed E-state index contributed by atoms with van der Waals surface area (Å²) >= 11 is 1.62. The smallest absolute Gasteiger partial charge is 0.235 e. The lowest BCUT2D eigenvalue weighted by Crippen LogP contribution is -2.39. The van der Waals surface area contributed by atoms with E-state index in [0.717, 1.165) is 20.8 Å². The summed E-state index contributed by atoms with van der Waals surface area (Å²) in [6.07, 6.45) is 0.482. The molecule has 1 aromatic heterocycles. The van der Waals surface area contributed by atoms with E-state index in [9.17, 15) is 4.79 Å². The van der Waals surface area contributed by atoms with Crippen molar-refractivity contribution in [3.05, 3.63) is 83.4 Å². The predicted molar refractivity (Wildman–Crippen MR) is 136 cm³/mol. The zero-order valence-electron chi connectivity index (χ0n) is 19.5. The summed E-state index contributed by atoms with van der Waals surface area (Å²) < 4.78 is 17.4. The second kappa shape index (κ2) is 10.7. The van der Waals surface area contributed by atoms with Gasteiger partial charge < -0.3 is 19.5 Å². The first-order valence-corrected chi connectivity index (χ1v) is 11.9. The van der Waals surface area contributed by atoms with Crippen molar-refractivity contribution in [2.75, 3.05) is 32.8 Å². The Hall–Kier alpha value is -3.42. The number of aromatic nitrogens is 1. The number of rotatable bonds is 10. The number of carbonyl (C=O) groups is 1. The van der Waals surface area contributed by atoms with Crippen molar-refractivity contribution in [3.8, 4) is 11.5 Å². The number of benzene rings is 3. The molecule has 176 valence electrons. The van der Waals surface area contributed by atoms with E-state index in [4.69, 9.17) is 19.2 Å². The number of ether oxygens (including phenoxy) is 3. The Morgan fingerprint density at radius 1 is 0.971 bits per heavy atom. The lowest BCUT2D eigenvalue weighted by Gasteiger charge is -2.28. The fourth-order valence-electron chi connectivity index (χ4n) is 3.79. The molecule has 0 saturated carbocycles. The van der Waals surface area contributed by atoms with Crippen LogP contribution < -0.4 is 14.8 Å². The van der Waals surface area contributed by atoms with Gasteiger partial charge >= 0.3 is 0 Å². The number of fused-ring (bicyclic) bond motifs is 1. The molecule has 6 nitrogen and oxygen atoms in total. The monoisotopic (exact) mass is 476 g/mol. The molecule has 4 aromatic rings. The highest BCUT2D eigenvalue weighted by Gasteiger charge is 2.36. The van der Waals surface area contributed by atoms with E-state index in [1.165, 1.54) is 0 Å². The van der Waals surface area contributed by atoms with Gasteiger partial charge in [0, 0.05) is 25.3 Å². The summed E-state index contributed by atoms with van der Waals surface area (Å²) in [6, 6.07) is 23.2. The van der Waals surface area contributed by atoms with Crippen LogP contribution in [0.1, 0.15) is 17.5 Å². The summed E-state index contributed by atoms with van der Waals surface area (Å²) in [6.45, 7) is 2.79. The van der Waals surface area contributed by atoms with Gasteiger partial charge in [-0.1, -0.05) is 42.5 Å².